The molecule has 2 saturated carbocycles. The van der Waals surface area contributed by atoms with Gasteiger partial charge in [0.25, 0.3) is 0 Å². The number of rotatable bonds is 6. The second kappa shape index (κ2) is 8.29. The van der Waals surface area contributed by atoms with Crippen molar-refractivity contribution in [2.45, 2.75) is 78.1 Å². The van der Waals surface area contributed by atoms with Gasteiger partial charge in [-0.2, -0.15) is 0 Å². The Morgan fingerprint density at radius 1 is 0.789 bits per heavy atom. The molecule has 1 nitrogen and oxygen atoms in total. The third-order valence-electron chi connectivity index (χ3n) is 5.84. The molecule has 2 fully saturated rings. The predicted octanol–water partition coefficient (Wildman–Crippen LogP) is 5.01. The molecule has 4 unspecified atom stereocenters. The van der Waals surface area contributed by atoms with Crippen LogP contribution in [0.3, 0.4) is 0 Å². The van der Waals surface area contributed by atoms with Crippen LogP contribution in [0.15, 0.2) is 0 Å². The maximum atomic E-state index is 3.71. The highest BCUT2D eigenvalue weighted by Crippen LogP contribution is 2.45. The SMILES string of the molecule is CCCNCC1CCCCC1C1CCCCC1CC. The van der Waals surface area contributed by atoms with Gasteiger partial charge in [0.2, 0.25) is 0 Å². The summed E-state index contributed by atoms with van der Waals surface area (Å²) in [5.41, 5.74) is 0. The van der Waals surface area contributed by atoms with Gasteiger partial charge >= 0.3 is 0 Å². The molecule has 19 heavy (non-hydrogen) atoms. The predicted molar refractivity (Wildman–Crippen MR) is 84.3 cm³/mol. The van der Waals surface area contributed by atoms with E-state index >= 15 is 0 Å². The van der Waals surface area contributed by atoms with E-state index in [1.54, 1.807) is 0 Å². The Balaban J connectivity index is 1.92. The van der Waals surface area contributed by atoms with Crippen LogP contribution >= 0.6 is 0 Å². The van der Waals surface area contributed by atoms with Crippen molar-refractivity contribution in [3.05, 3.63) is 0 Å². The molecule has 112 valence electrons. The summed E-state index contributed by atoms with van der Waals surface area (Å²) in [6, 6.07) is 0. The van der Waals surface area contributed by atoms with Crippen molar-refractivity contribution in [2.24, 2.45) is 23.7 Å². The fourth-order valence-corrected chi connectivity index (χ4v) is 4.82. The van der Waals surface area contributed by atoms with Crippen LogP contribution < -0.4 is 5.32 Å². The minimum absolute atomic E-state index is 0.984. The van der Waals surface area contributed by atoms with Crippen LogP contribution in [-0.4, -0.2) is 13.1 Å². The average molecular weight is 265 g/mol. The fourth-order valence-electron chi connectivity index (χ4n) is 4.82. The molecule has 0 bridgehead atoms. The van der Waals surface area contributed by atoms with Crippen molar-refractivity contribution >= 4 is 0 Å². The first-order chi connectivity index (χ1) is 9.36. The van der Waals surface area contributed by atoms with Crippen molar-refractivity contribution in [3.8, 4) is 0 Å². The molecule has 2 aliphatic carbocycles. The van der Waals surface area contributed by atoms with Crippen molar-refractivity contribution in [2.75, 3.05) is 13.1 Å². The molecule has 0 aromatic rings. The Morgan fingerprint density at radius 2 is 1.37 bits per heavy atom. The third-order valence-corrected chi connectivity index (χ3v) is 5.84. The molecule has 1 N–H and O–H groups in total. The first-order valence-electron chi connectivity index (χ1n) is 9.07. The molecule has 0 amide bonds. The lowest BCUT2D eigenvalue weighted by Gasteiger charge is -2.43. The fraction of sp³-hybridized carbons (Fsp3) is 1.00. The van der Waals surface area contributed by atoms with Gasteiger partial charge in [-0.25, -0.2) is 0 Å². The highest BCUT2D eigenvalue weighted by atomic mass is 14.9. The van der Waals surface area contributed by atoms with E-state index in [0.29, 0.717) is 0 Å². The minimum Gasteiger partial charge on any atom is -0.316 e. The second-order valence-corrected chi connectivity index (χ2v) is 7.03. The molecule has 0 spiro atoms. The Labute approximate surface area is 120 Å². The van der Waals surface area contributed by atoms with Crippen LogP contribution in [0.1, 0.15) is 78.1 Å². The maximum absolute atomic E-state index is 3.71. The van der Waals surface area contributed by atoms with E-state index < -0.39 is 0 Å². The van der Waals surface area contributed by atoms with Crippen LogP contribution in [0.2, 0.25) is 0 Å². The quantitative estimate of drug-likeness (QED) is 0.666. The van der Waals surface area contributed by atoms with Gasteiger partial charge in [-0.15, -0.1) is 0 Å². The van der Waals surface area contributed by atoms with E-state index in [-0.39, 0.29) is 0 Å². The molecule has 0 heterocycles. The summed E-state index contributed by atoms with van der Waals surface area (Å²) in [6.45, 7) is 7.21. The molecule has 0 radical (unpaired) electrons. The van der Waals surface area contributed by atoms with Crippen molar-refractivity contribution in [1.29, 1.82) is 0 Å². The monoisotopic (exact) mass is 265 g/mol. The zero-order chi connectivity index (χ0) is 13.5. The summed E-state index contributed by atoms with van der Waals surface area (Å²) in [7, 11) is 0. The van der Waals surface area contributed by atoms with E-state index in [2.05, 4.69) is 19.2 Å². The molecule has 2 aliphatic rings. The van der Waals surface area contributed by atoms with E-state index in [0.717, 1.165) is 23.7 Å². The molecule has 0 aromatic carbocycles. The summed E-state index contributed by atoms with van der Waals surface area (Å²) >= 11 is 0. The minimum atomic E-state index is 0.984. The summed E-state index contributed by atoms with van der Waals surface area (Å²) in [5.74, 6) is 4.14. The van der Waals surface area contributed by atoms with Gasteiger partial charge in [0.05, 0.1) is 0 Å². The topological polar surface area (TPSA) is 12.0 Å². The van der Waals surface area contributed by atoms with Crippen LogP contribution in [0.4, 0.5) is 0 Å². The van der Waals surface area contributed by atoms with Crippen LogP contribution in [0, 0.1) is 23.7 Å². The lowest BCUT2D eigenvalue weighted by molar-refractivity contribution is 0.0788. The average Bonchev–Trinajstić information content (AvgIpc) is 2.48. The Hall–Kier alpha value is -0.0400. The van der Waals surface area contributed by atoms with E-state index in [1.165, 1.54) is 77.3 Å². The largest absolute Gasteiger partial charge is 0.316 e. The van der Waals surface area contributed by atoms with Crippen molar-refractivity contribution < 1.29 is 0 Å². The molecular weight excluding hydrogens is 230 g/mol. The molecule has 2 rings (SSSR count). The Bertz CT molecular complexity index is 238. The lowest BCUT2D eigenvalue weighted by Crippen LogP contribution is -2.38. The smallest absolute Gasteiger partial charge is 0.00178 e. The van der Waals surface area contributed by atoms with Gasteiger partial charge in [-0.05, 0) is 62.4 Å². The summed E-state index contributed by atoms with van der Waals surface area (Å²) in [4.78, 5) is 0. The molecule has 0 aliphatic heterocycles. The number of hydrogen-bond donors (Lipinski definition) is 1. The zero-order valence-electron chi connectivity index (χ0n) is 13.3. The van der Waals surface area contributed by atoms with Gasteiger partial charge in [-0.1, -0.05) is 52.4 Å². The van der Waals surface area contributed by atoms with Crippen molar-refractivity contribution in [3.63, 3.8) is 0 Å². The number of nitrogens with one attached hydrogen (secondary N) is 1. The first-order valence-corrected chi connectivity index (χ1v) is 9.07. The standard InChI is InChI=1S/C18H35N/c1-3-13-19-14-16-10-6-8-12-18(16)17-11-7-5-9-15(17)4-2/h15-19H,3-14H2,1-2H3. The van der Waals surface area contributed by atoms with Crippen LogP contribution in [-0.2, 0) is 0 Å². The summed E-state index contributed by atoms with van der Waals surface area (Å²) < 4.78 is 0. The summed E-state index contributed by atoms with van der Waals surface area (Å²) in [5, 5.41) is 3.71. The second-order valence-electron chi connectivity index (χ2n) is 7.03. The molecule has 4 atom stereocenters. The van der Waals surface area contributed by atoms with Crippen LogP contribution in [0.5, 0.6) is 0 Å². The van der Waals surface area contributed by atoms with Gasteiger partial charge in [0, 0.05) is 0 Å². The normalized spacial score (nSPS) is 36.3. The van der Waals surface area contributed by atoms with Gasteiger partial charge in [-0.3, -0.25) is 0 Å². The lowest BCUT2D eigenvalue weighted by atomic mass is 9.63. The van der Waals surface area contributed by atoms with E-state index in [1.807, 2.05) is 0 Å². The summed E-state index contributed by atoms with van der Waals surface area (Å²) in [6.07, 6.45) is 14.8. The molecular formula is C18H35N. The highest BCUT2D eigenvalue weighted by molar-refractivity contribution is 4.87. The first kappa shape index (κ1) is 15.4. The van der Waals surface area contributed by atoms with Gasteiger partial charge < -0.3 is 5.32 Å². The van der Waals surface area contributed by atoms with Gasteiger partial charge in [0.1, 0.15) is 0 Å². The molecule has 0 saturated heterocycles. The zero-order valence-corrected chi connectivity index (χ0v) is 13.3. The Kier molecular flexibility index (Phi) is 6.70. The van der Waals surface area contributed by atoms with Crippen molar-refractivity contribution in [1.82, 2.24) is 5.32 Å². The van der Waals surface area contributed by atoms with E-state index in [4.69, 9.17) is 0 Å². The highest BCUT2D eigenvalue weighted by Gasteiger charge is 2.36. The van der Waals surface area contributed by atoms with E-state index in [9.17, 15) is 0 Å². The Morgan fingerprint density at radius 3 is 2.00 bits per heavy atom. The maximum Gasteiger partial charge on any atom is -0.00178 e. The van der Waals surface area contributed by atoms with Crippen LogP contribution in [0.25, 0.3) is 0 Å². The molecule has 1 heteroatoms. The molecule has 0 aromatic heterocycles. The van der Waals surface area contributed by atoms with Gasteiger partial charge in [0.15, 0.2) is 0 Å². The third kappa shape index (κ3) is 4.21. The number of hydrogen-bond acceptors (Lipinski definition) is 1.